The third-order valence-electron chi connectivity index (χ3n) is 6.34. The Morgan fingerprint density at radius 1 is 0.641 bits per heavy atom. The van der Waals surface area contributed by atoms with Gasteiger partial charge in [0.1, 0.15) is 15.9 Å². The van der Waals surface area contributed by atoms with E-state index in [2.05, 4.69) is 114 Å². The molecule has 0 bridgehead atoms. The van der Waals surface area contributed by atoms with Crippen molar-refractivity contribution >= 4 is 21.0 Å². The van der Waals surface area contributed by atoms with Crippen molar-refractivity contribution in [1.29, 1.82) is 0 Å². The zero-order valence-corrected chi connectivity index (χ0v) is 25.0. The Morgan fingerprint density at radius 3 is 1.38 bits per heavy atom. The highest BCUT2D eigenvalue weighted by Crippen LogP contribution is 2.42. The van der Waals surface area contributed by atoms with Crippen molar-refractivity contribution in [2.45, 2.75) is 78.9 Å². The predicted octanol–water partition coefficient (Wildman–Crippen LogP) is 8.88. The molecule has 0 aliphatic heterocycles. The summed E-state index contributed by atoms with van der Waals surface area (Å²) in [5, 5.41) is 0. The van der Waals surface area contributed by atoms with E-state index in [4.69, 9.17) is 0 Å². The molecule has 3 nitrogen and oxygen atoms in total. The Hall–Kier alpha value is -2.93. The quantitative estimate of drug-likeness (QED) is 0.166. The molecule has 0 atom stereocenters. The molecule has 0 heterocycles. The highest BCUT2D eigenvalue weighted by Gasteiger charge is 2.35. The van der Waals surface area contributed by atoms with E-state index in [0.717, 1.165) is 24.3 Å². The Morgan fingerprint density at radius 2 is 1.05 bits per heavy atom. The Bertz CT molecular complexity index is 1380. The average molecular weight is 565 g/mol. The van der Waals surface area contributed by atoms with Crippen LogP contribution in [0.15, 0.2) is 117 Å². The first-order valence-electron chi connectivity index (χ1n) is 13.1. The summed E-state index contributed by atoms with van der Waals surface area (Å²) in [6, 6.07) is 30.7. The molecule has 0 fully saturated rings. The lowest BCUT2D eigenvalue weighted by Crippen LogP contribution is -2.14. The first-order valence-corrected chi connectivity index (χ1v) is 15.8. The normalized spacial score (nSPS) is 11.7. The summed E-state index contributed by atoms with van der Waals surface area (Å²) in [4.78, 5) is 3.91. The maximum absolute atomic E-state index is 12.2. The number of hydrogen-bond donors (Lipinski definition) is 0. The highest BCUT2D eigenvalue weighted by atomic mass is 32.2. The molecule has 0 amide bonds. The molecule has 206 valence electrons. The summed E-state index contributed by atoms with van der Waals surface area (Å²) >= 11 is 0. The molecule has 0 spiro atoms. The van der Waals surface area contributed by atoms with Crippen LogP contribution in [0.25, 0.3) is 0 Å². The minimum absolute atomic E-state index is 0.100. The maximum atomic E-state index is 12.2. The molecule has 0 N–H and O–H groups in total. The van der Waals surface area contributed by atoms with Gasteiger partial charge in [-0.3, -0.25) is 0 Å². The summed E-state index contributed by atoms with van der Waals surface area (Å²) in [6.07, 6.45) is 0. The van der Waals surface area contributed by atoms with E-state index >= 15 is 0 Å². The summed E-state index contributed by atoms with van der Waals surface area (Å²) in [6.45, 7) is 14.0. The number of halogens is 1. The lowest BCUT2D eigenvalue weighted by molar-refractivity contribution is 0.463. The van der Waals surface area contributed by atoms with Gasteiger partial charge in [0.05, 0.1) is 15.8 Å². The van der Waals surface area contributed by atoms with Gasteiger partial charge in [-0.05, 0) is 71.8 Å². The molecule has 39 heavy (non-hydrogen) atoms. The van der Waals surface area contributed by atoms with Crippen molar-refractivity contribution in [2.24, 2.45) is 0 Å². The Balaban J connectivity index is 0.000000320. The number of hydrogen-bond acceptors (Lipinski definition) is 3. The first kappa shape index (κ1) is 30.6. The van der Waals surface area contributed by atoms with Crippen molar-refractivity contribution < 1.29 is 17.4 Å². The summed E-state index contributed by atoms with van der Waals surface area (Å²) in [7, 11) is -4.54. The van der Waals surface area contributed by atoms with Gasteiger partial charge < -0.3 is 4.55 Å². The van der Waals surface area contributed by atoms with Gasteiger partial charge in [0.15, 0.2) is 14.7 Å². The Labute approximate surface area is 236 Å². The van der Waals surface area contributed by atoms with Crippen LogP contribution < -0.4 is 0 Å². The molecule has 0 aromatic heterocycles. The molecular weight excluding hydrogens is 527 g/mol. The monoisotopic (exact) mass is 564 g/mol. The van der Waals surface area contributed by atoms with Gasteiger partial charge in [-0.1, -0.05) is 90.1 Å². The van der Waals surface area contributed by atoms with E-state index in [1.165, 1.54) is 31.4 Å². The largest absolute Gasteiger partial charge is 0.744 e. The van der Waals surface area contributed by atoms with Gasteiger partial charge in [0.2, 0.25) is 0 Å². The van der Waals surface area contributed by atoms with Gasteiger partial charge in [0, 0.05) is 11.1 Å². The molecule has 0 saturated carbocycles. The fraction of sp³-hybridized carbons (Fsp3) is 0.273. The van der Waals surface area contributed by atoms with E-state index in [-0.39, 0.29) is 10.9 Å². The minimum Gasteiger partial charge on any atom is -0.744 e. The van der Waals surface area contributed by atoms with Gasteiger partial charge in [-0.2, -0.15) is 0 Å². The first-order chi connectivity index (χ1) is 18.4. The summed E-state index contributed by atoms with van der Waals surface area (Å²) in [5.41, 5.74) is 4.47. The second kappa shape index (κ2) is 13.4. The molecule has 0 aliphatic carbocycles. The van der Waals surface area contributed by atoms with Crippen LogP contribution in [0.2, 0.25) is 0 Å². The van der Waals surface area contributed by atoms with Crippen LogP contribution >= 0.6 is 0 Å². The van der Waals surface area contributed by atoms with Crippen LogP contribution in [0.4, 0.5) is 4.39 Å². The third kappa shape index (κ3) is 8.04. The molecule has 0 saturated heterocycles. The van der Waals surface area contributed by atoms with Crippen molar-refractivity contribution in [1.82, 2.24) is 0 Å². The van der Waals surface area contributed by atoms with Crippen molar-refractivity contribution in [2.75, 3.05) is 0 Å². The molecule has 4 rings (SSSR count). The van der Waals surface area contributed by atoms with E-state index in [1.807, 2.05) is 0 Å². The third-order valence-corrected chi connectivity index (χ3v) is 9.56. The van der Waals surface area contributed by atoms with E-state index in [0.29, 0.717) is 17.8 Å². The van der Waals surface area contributed by atoms with Crippen molar-refractivity contribution in [3.05, 3.63) is 120 Å². The van der Waals surface area contributed by atoms with Gasteiger partial charge in [-0.15, -0.1) is 0 Å². The molecule has 6 heteroatoms. The second-order valence-corrected chi connectivity index (χ2v) is 13.7. The van der Waals surface area contributed by atoms with Gasteiger partial charge in [-0.25, -0.2) is 12.8 Å². The molecular formula is C33H37FO3S2. The van der Waals surface area contributed by atoms with Crippen LogP contribution in [0.5, 0.6) is 0 Å². The van der Waals surface area contributed by atoms with Crippen LogP contribution in [-0.2, 0) is 21.0 Å². The topological polar surface area (TPSA) is 57.2 Å². The zero-order chi connectivity index (χ0) is 28.7. The fourth-order valence-electron chi connectivity index (χ4n) is 4.21. The zero-order valence-electron chi connectivity index (χ0n) is 23.4. The Kier molecular flexibility index (Phi) is 10.5. The second-order valence-electron chi connectivity index (χ2n) is 10.3. The summed E-state index contributed by atoms with van der Waals surface area (Å²) in [5.74, 6) is 0.957. The van der Waals surface area contributed by atoms with Crippen LogP contribution in [0.3, 0.4) is 0 Å². The lowest BCUT2D eigenvalue weighted by atomic mass is 9.89. The van der Waals surface area contributed by atoms with Gasteiger partial charge in [0.25, 0.3) is 0 Å². The van der Waals surface area contributed by atoms with E-state index in [9.17, 15) is 17.4 Å². The fourth-order valence-corrected chi connectivity index (χ4v) is 7.34. The predicted molar refractivity (Wildman–Crippen MR) is 158 cm³/mol. The highest BCUT2D eigenvalue weighted by molar-refractivity contribution is 7.97. The smallest absolute Gasteiger partial charge is 0.173 e. The molecule has 4 aromatic carbocycles. The van der Waals surface area contributed by atoms with Crippen LogP contribution in [-0.4, -0.2) is 13.0 Å². The molecule has 0 radical (unpaired) electrons. The lowest BCUT2D eigenvalue weighted by Gasteiger charge is -2.22. The number of benzene rings is 4. The SMILES string of the molecule is CC(C)c1cc(C(C)C)c([S+](c2ccccc2)c2ccccc2)c(C(C)C)c1.O=S(=O)([O-])c1ccc(F)cc1. The van der Waals surface area contributed by atoms with Crippen LogP contribution in [0, 0.1) is 5.82 Å². The summed E-state index contributed by atoms with van der Waals surface area (Å²) < 4.78 is 43.0. The maximum Gasteiger partial charge on any atom is 0.173 e. The van der Waals surface area contributed by atoms with E-state index in [1.54, 1.807) is 0 Å². The average Bonchev–Trinajstić information content (AvgIpc) is 2.90. The van der Waals surface area contributed by atoms with Crippen molar-refractivity contribution in [3.8, 4) is 0 Å². The van der Waals surface area contributed by atoms with Crippen LogP contribution in [0.1, 0.15) is 76.0 Å². The minimum atomic E-state index is -4.44. The van der Waals surface area contributed by atoms with Gasteiger partial charge >= 0.3 is 0 Å². The standard InChI is InChI=1S/C27H33S.C6H5FO3S/c1-19(2)22-17-25(20(3)4)27(26(18-22)21(5)6)28(23-13-9-7-10-14-23)24-15-11-8-12-16-24;7-5-1-3-6(4-2-5)11(8,9)10/h7-21H,1-6H3;1-4H,(H,8,9,10)/q+1;/p-1. The van der Waals surface area contributed by atoms with E-state index < -0.39 is 20.8 Å². The molecule has 0 aliphatic rings. The number of rotatable bonds is 7. The molecule has 0 unspecified atom stereocenters. The molecule has 4 aromatic rings. The van der Waals surface area contributed by atoms with Crippen molar-refractivity contribution in [3.63, 3.8) is 0 Å².